The van der Waals surface area contributed by atoms with E-state index in [1.165, 1.54) is 148 Å². The molecule has 0 aromatic heterocycles. The van der Waals surface area contributed by atoms with Crippen LogP contribution in [-0.2, 0) is 27.9 Å². The lowest BCUT2D eigenvalue weighted by atomic mass is 10.0. The minimum Gasteiger partial charge on any atom is -0.456 e. The highest BCUT2D eigenvalue weighted by Gasteiger charge is 2.30. The van der Waals surface area contributed by atoms with Crippen LogP contribution in [-0.4, -0.2) is 74.3 Å². The lowest BCUT2D eigenvalue weighted by Crippen LogP contribution is -2.47. The lowest BCUT2D eigenvalue weighted by Gasteiger charge is -2.27. The second kappa shape index (κ2) is 56.5. The summed E-state index contributed by atoms with van der Waals surface area (Å²) in [4.78, 5) is 37.7. The first-order valence-corrected chi connectivity index (χ1v) is 33.4. The van der Waals surface area contributed by atoms with Crippen LogP contribution in [0, 0.1) is 0 Å². The van der Waals surface area contributed by atoms with Crippen molar-refractivity contribution in [2.24, 2.45) is 0 Å². The number of phosphoric acid groups is 1. The molecule has 0 spiro atoms. The number of unbranched alkanes of at least 4 members (excludes halogenated alkanes) is 31. The third-order valence-corrected chi connectivity index (χ3v) is 14.9. The fraction of sp³-hybridized carbons (Fsp3) is 0.761. The standard InChI is InChI=1S/C67H121N2O7P/c1-7-10-13-16-19-22-25-28-29-30-31-32-33-34-35-36-37-38-39-42-44-47-50-53-56-59-66(70)68-64(63-75-77(72,73)74-62-61-69(4,5)6)65(58-55-52-49-46-43-40-26-23-20-17-14-11-8-2)76-67(71)60-57-54-51-48-45-41-27-24-21-18-15-12-9-3/h12,15,18-19,21-22,24,27-29,31-32,55,58,64-65H,7-11,13-14,16-17,20,23,25-26,30,33-54,56-57,59-63H2,1-6H3,(H-,68,70,72,73)/p+1/b15-12+,21-18+,22-19-,27-24-,29-28-,32-31-,58-55-. The van der Waals surface area contributed by atoms with E-state index in [1.807, 2.05) is 33.3 Å². The molecular weight excluding hydrogens is 976 g/mol. The number of nitrogens with zero attached hydrogens (tertiary/aromatic N) is 1. The van der Waals surface area contributed by atoms with E-state index in [0.717, 1.165) is 89.9 Å². The number of rotatable bonds is 57. The van der Waals surface area contributed by atoms with Gasteiger partial charge in [0.05, 0.1) is 33.8 Å². The lowest BCUT2D eigenvalue weighted by molar-refractivity contribution is -0.870. The fourth-order valence-corrected chi connectivity index (χ4v) is 9.68. The number of esters is 1. The van der Waals surface area contributed by atoms with E-state index in [0.29, 0.717) is 23.9 Å². The first-order valence-electron chi connectivity index (χ1n) is 31.9. The molecule has 0 heterocycles. The maximum Gasteiger partial charge on any atom is 0.472 e. The van der Waals surface area contributed by atoms with Gasteiger partial charge in [0.15, 0.2) is 0 Å². The van der Waals surface area contributed by atoms with Crippen LogP contribution in [0.4, 0.5) is 0 Å². The number of hydrogen-bond donors (Lipinski definition) is 2. The van der Waals surface area contributed by atoms with Crippen molar-refractivity contribution >= 4 is 19.7 Å². The van der Waals surface area contributed by atoms with Gasteiger partial charge >= 0.3 is 13.8 Å². The van der Waals surface area contributed by atoms with E-state index in [1.54, 1.807) is 0 Å². The number of phosphoric ester groups is 1. The molecule has 0 aromatic carbocycles. The number of ether oxygens (including phenoxy) is 1. The maximum atomic E-state index is 13.6. The molecule has 1 amide bonds. The van der Waals surface area contributed by atoms with Gasteiger partial charge in [-0.1, -0.05) is 260 Å². The van der Waals surface area contributed by atoms with Gasteiger partial charge < -0.3 is 19.4 Å². The summed E-state index contributed by atoms with van der Waals surface area (Å²) in [5.74, 6) is -0.530. The van der Waals surface area contributed by atoms with Crippen LogP contribution in [0.25, 0.3) is 0 Å². The molecule has 0 rings (SSSR count). The first-order chi connectivity index (χ1) is 37.4. The highest BCUT2D eigenvalue weighted by Crippen LogP contribution is 2.43. The number of hydrogen-bond acceptors (Lipinski definition) is 6. The summed E-state index contributed by atoms with van der Waals surface area (Å²) in [6.07, 6.45) is 74.4. The summed E-state index contributed by atoms with van der Waals surface area (Å²) < 4.78 is 30.7. The summed E-state index contributed by atoms with van der Waals surface area (Å²) in [7, 11) is 1.48. The van der Waals surface area contributed by atoms with Crippen LogP contribution in [0.2, 0.25) is 0 Å². The van der Waals surface area contributed by atoms with Gasteiger partial charge in [0.2, 0.25) is 5.91 Å². The van der Waals surface area contributed by atoms with Crippen LogP contribution in [0.5, 0.6) is 0 Å². The van der Waals surface area contributed by atoms with Crippen molar-refractivity contribution < 1.29 is 37.3 Å². The summed E-state index contributed by atoms with van der Waals surface area (Å²) in [6, 6.07) is -0.861. The van der Waals surface area contributed by atoms with E-state index >= 15 is 0 Å². The number of carbonyl (C=O) groups excluding carboxylic acids is 2. The molecule has 10 heteroatoms. The number of carbonyl (C=O) groups is 2. The van der Waals surface area contributed by atoms with Crippen molar-refractivity contribution in [1.29, 1.82) is 0 Å². The van der Waals surface area contributed by atoms with Gasteiger partial charge in [-0.25, -0.2) is 4.57 Å². The number of likely N-dealkylation sites (N-methyl/N-ethyl adjacent to an activating group) is 1. The summed E-state index contributed by atoms with van der Waals surface area (Å²) in [5, 5.41) is 3.05. The number of quaternary nitrogens is 1. The molecular formula is C67H122N2O7P+. The van der Waals surface area contributed by atoms with Crippen molar-refractivity contribution in [2.45, 2.75) is 290 Å². The highest BCUT2D eigenvalue weighted by molar-refractivity contribution is 7.47. The van der Waals surface area contributed by atoms with Gasteiger partial charge in [-0.2, -0.15) is 0 Å². The van der Waals surface area contributed by atoms with Crippen LogP contribution >= 0.6 is 7.82 Å². The molecule has 446 valence electrons. The summed E-state index contributed by atoms with van der Waals surface area (Å²) in [5.41, 5.74) is 0. The molecule has 0 bridgehead atoms. The molecule has 0 saturated carbocycles. The second-order valence-corrected chi connectivity index (χ2v) is 24.1. The number of amides is 1. The SMILES string of the molecule is CC/C=C/C=C/C=C\CCCCCCCC(=O)OC(/C=C\CCCCCCCCCCCCC)C(COP(=O)(O)OCC[N+](C)(C)C)NC(=O)CCCCCCCCCCCCCC/C=C\C/C=C\C/C=C\CCCCC. The zero-order valence-corrected chi connectivity index (χ0v) is 51.8. The topological polar surface area (TPSA) is 111 Å². The Labute approximate surface area is 476 Å². The molecule has 0 aliphatic carbocycles. The highest BCUT2D eigenvalue weighted by atomic mass is 31.2. The monoisotopic (exact) mass is 1100 g/mol. The zero-order chi connectivity index (χ0) is 56.4. The Balaban J connectivity index is 5.14. The van der Waals surface area contributed by atoms with Gasteiger partial charge in [0.1, 0.15) is 19.3 Å². The second-order valence-electron chi connectivity index (χ2n) is 22.6. The molecule has 3 atom stereocenters. The van der Waals surface area contributed by atoms with E-state index < -0.39 is 20.0 Å². The molecule has 0 radical (unpaired) electrons. The smallest absolute Gasteiger partial charge is 0.456 e. The molecule has 0 aliphatic rings. The Kier molecular flexibility index (Phi) is 54.4. The molecule has 2 N–H and O–H groups in total. The van der Waals surface area contributed by atoms with Gasteiger partial charge in [0, 0.05) is 12.8 Å². The molecule has 0 aliphatic heterocycles. The van der Waals surface area contributed by atoms with Crippen LogP contribution in [0.3, 0.4) is 0 Å². The zero-order valence-electron chi connectivity index (χ0n) is 50.9. The predicted molar refractivity (Wildman–Crippen MR) is 332 cm³/mol. The Morgan fingerprint density at radius 1 is 0.481 bits per heavy atom. The Morgan fingerprint density at radius 3 is 1.38 bits per heavy atom. The Morgan fingerprint density at radius 2 is 0.883 bits per heavy atom. The van der Waals surface area contributed by atoms with E-state index in [-0.39, 0.29) is 31.5 Å². The first kappa shape index (κ1) is 74.2. The Bertz CT molecular complexity index is 1590. The van der Waals surface area contributed by atoms with Crippen LogP contribution in [0.1, 0.15) is 278 Å². The Hall–Kier alpha value is -2.81. The van der Waals surface area contributed by atoms with Crippen LogP contribution in [0.15, 0.2) is 85.1 Å². The quantitative estimate of drug-likeness (QED) is 0.0156. The number of allylic oxidation sites excluding steroid dienone is 13. The van der Waals surface area contributed by atoms with Gasteiger partial charge in [-0.15, -0.1) is 0 Å². The largest absolute Gasteiger partial charge is 0.472 e. The predicted octanol–water partition coefficient (Wildman–Crippen LogP) is 19.8. The average molecular weight is 1100 g/mol. The van der Waals surface area contributed by atoms with E-state index in [2.05, 4.69) is 99.0 Å². The molecule has 77 heavy (non-hydrogen) atoms. The van der Waals surface area contributed by atoms with Gasteiger partial charge in [-0.3, -0.25) is 18.6 Å². The molecule has 0 saturated heterocycles. The van der Waals surface area contributed by atoms with E-state index in [9.17, 15) is 19.0 Å². The van der Waals surface area contributed by atoms with Gasteiger partial charge in [0.25, 0.3) is 0 Å². The van der Waals surface area contributed by atoms with Crippen molar-refractivity contribution in [3.63, 3.8) is 0 Å². The summed E-state index contributed by atoms with van der Waals surface area (Å²) >= 11 is 0. The maximum absolute atomic E-state index is 13.6. The minimum atomic E-state index is -4.46. The van der Waals surface area contributed by atoms with Crippen molar-refractivity contribution in [3.05, 3.63) is 85.1 Å². The fourth-order valence-electron chi connectivity index (χ4n) is 8.95. The van der Waals surface area contributed by atoms with Gasteiger partial charge in [-0.05, 0) is 89.5 Å². The molecule has 9 nitrogen and oxygen atoms in total. The van der Waals surface area contributed by atoms with Crippen molar-refractivity contribution in [2.75, 3.05) is 40.9 Å². The molecule has 0 fully saturated rings. The summed E-state index contributed by atoms with van der Waals surface area (Å²) in [6.45, 7) is 6.85. The normalized spacial score (nSPS) is 14.2. The third-order valence-electron chi connectivity index (χ3n) is 13.9. The minimum absolute atomic E-state index is 0.0335. The van der Waals surface area contributed by atoms with Crippen molar-refractivity contribution in [3.8, 4) is 0 Å². The number of nitrogens with one attached hydrogen (secondary N) is 1. The van der Waals surface area contributed by atoms with E-state index in [4.69, 9.17) is 13.8 Å². The molecule has 0 aromatic rings. The third kappa shape index (κ3) is 57.7. The van der Waals surface area contributed by atoms with Crippen LogP contribution < -0.4 is 5.32 Å². The average Bonchev–Trinajstić information content (AvgIpc) is 3.39. The van der Waals surface area contributed by atoms with Crippen molar-refractivity contribution in [1.82, 2.24) is 5.32 Å². The molecule has 3 unspecified atom stereocenters.